The van der Waals surface area contributed by atoms with Gasteiger partial charge in [-0.1, -0.05) is 32.4 Å². The summed E-state index contributed by atoms with van der Waals surface area (Å²) < 4.78 is 11.0. The zero-order valence-electron chi connectivity index (χ0n) is 12.5. The molecule has 3 N–H and O–H groups in total. The van der Waals surface area contributed by atoms with Crippen molar-refractivity contribution in [2.75, 3.05) is 19.8 Å². The molecule has 0 aliphatic carbocycles. The molecule has 0 saturated carbocycles. The van der Waals surface area contributed by atoms with Gasteiger partial charge in [0.25, 0.3) is 0 Å². The normalized spacial score (nSPS) is 14.0. The molecule has 4 heteroatoms. The molecule has 1 aromatic rings. The number of benzene rings is 1. The number of hydrogen-bond acceptors (Lipinski definition) is 4. The zero-order chi connectivity index (χ0) is 14.8. The molecule has 0 heterocycles. The minimum Gasteiger partial charge on any atom is -0.491 e. The van der Waals surface area contributed by atoms with E-state index >= 15 is 0 Å². The van der Waals surface area contributed by atoms with Crippen molar-refractivity contribution in [3.05, 3.63) is 29.8 Å². The summed E-state index contributed by atoms with van der Waals surface area (Å²) in [6.07, 6.45) is 1.72. The van der Waals surface area contributed by atoms with Crippen LogP contribution in [0.5, 0.6) is 5.75 Å². The van der Waals surface area contributed by atoms with Crippen molar-refractivity contribution in [3.8, 4) is 5.75 Å². The molecule has 0 amide bonds. The van der Waals surface area contributed by atoms with E-state index in [2.05, 4.69) is 13.8 Å². The Morgan fingerprint density at radius 1 is 1.15 bits per heavy atom. The number of aliphatic hydroxyl groups is 1. The highest BCUT2D eigenvalue weighted by Crippen LogP contribution is 2.12. The number of hydrogen-bond donors (Lipinski definition) is 2. The lowest BCUT2D eigenvalue weighted by atomic mass is 10.1. The van der Waals surface area contributed by atoms with Gasteiger partial charge in [0.1, 0.15) is 18.5 Å². The lowest BCUT2D eigenvalue weighted by Crippen LogP contribution is -2.24. The van der Waals surface area contributed by atoms with Gasteiger partial charge < -0.3 is 20.3 Å². The van der Waals surface area contributed by atoms with Crippen LogP contribution in [0.4, 0.5) is 0 Å². The van der Waals surface area contributed by atoms with Gasteiger partial charge in [0, 0.05) is 13.2 Å². The Labute approximate surface area is 121 Å². The summed E-state index contributed by atoms with van der Waals surface area (Å²) in [5.74, 6) is 1.28. The van der Waals surface area contributed by atoms with Crippen molar-refractivity contribution in [1.29, 1.82) is 0 Å². The van der Waals surface area contributed by atoms with Crippen molar-refractivity contribution in [2.45, 2.75) is 39.3 Å². The first-order valence-corrected chi connectivity index (χ1v) is 7.33. The van der Waals surface area contributed by atoms with E-state index in [9.17, 15) is 5.11 Å². The third kappa shape index (κ3) is 6.89. The summed E-state index contributed by atoms with van der Waals surface area (Å²) in [5, 5.41) is 9.78. The Hall–Kier alpha value is -1.10. The Morgan fingerprint density at radius 2 is 1.85 bits per heavy atom. The Kier molecular flexibility index (Phi) is 8.26. The third-order valence-corrected chi connectivity index (χ3v) is 3.10. The van der Waals surface area contributed by atoms with Crippen molar-refractivity contribution >= 4 is 0 Å². The second kappa shape index (κ2) is 9.75. The van der Waals surface area contributed by atoms with Crippen LogP contribution in [0.2, 0.25) is 0 Å². The molecule has 1 aromatic carbocycles. The van der Waals surface area contributed by atoms with E-state index < -0.39 is 6.10 Å². The SMILES string of the molecule is CCCC(C)COCC(O)COc1ccc(CN)cc1. The molecule has 0 radical (unpaired) electrons. The van der Waals surface area contributed by atoms with Gasteiger partial charge in [-0.15, -0.1) is 0 Å². The molecule has 114 valence electrons. The first kappa shape index (κ1) is 17.0. The van der Waals surface area contributed by atoms with E-state index in [0.29, 0.717) is 25.7 Å². The van der Waals surface area contributed by atoms with E-state index in [1.165, 1.54) is 0 Å². The maximum atomic E-state index is 9.78. The predicted molar refractivity (Wildman–Crippen MR) is 80.7 cm³/mol. The summed E-state index contributed by atoms with van der Waals surface area (Å²) in [5.41, 5.74) is 6.59. The molecule has 0 aliphatic rings. The van der Waals surface area contributed by atoms with Gasteiger partial charge in [0.2, 0.25) is 0 Å². The van der Waals surface area contributed by atoms with Crippen molar-refractivity contribution < 1.29 is 14.6 Å². The van der Waals surface area contributed by atoms with Crippen molar-refractivity contribution in [1.82, 2.24) is 0 Å². The average Bonchev–Trinajstić information content (AvgIpc) is 2.46. The van der Waals surface area contributed by atoms with Crippen LogP contribution < -0.4 is 10.5 Å². The minimum absolute atomic E-state index is 0.240. The van der Waals surface area contributed by atoms with Crippen LogP contribution >= 0.6 is 0 Å². The fourth-order valence-electron chi connectivity index (χ4n) is 1.94. The Morgan fingerprint density at radius 3 is 2.45 bits per heavy atom. The lowest BCUT2D eigenvalue weighted by Gasteiger charge is -2.15. The van der Waals surface area contributed by atoms with Crippen LogP contribution in [0.3, 0.4) is 0 Å². The van der Waals surface area contributed by atoms with Crippen LogP contribution in [-0.4, -0.2) is 31.0 Å². The van der Waals surface area contributed by atoms with Crippen molar-refractivity contribution in [3.63, 3.8) is 0 Å². The standard InChI is InChI=1S/C16H27NO3/c1-3-4-13(2)10-19-11-15(18)12-20-16-7-5-14(9-17)6-8-16/h5-8,13,15,18H,3-4,9-12,17H2,1-2H3. The number of aliphatic hydroxyl groups excluding tert-OH is 1. The molecule has 1 rings (SSSR count). The second-order valence-electron chi connectivity index (χ2n) is 5.24. The van der Waals surface area contributed by atoms with Gasteiger partial charge in [-0.3, -0.25) is 0 Å². The number of nitrogens with two attached hydrogens (primary N) is 1. The largest absolute Gasteiger partial charge is 0.491 e. The van der Waals surface area contributed by atoms with E-state index in [1.807, 2.05) is 24.3 Å². The summed E-state index contributed by atoms with van der Waals surface area (Å²) in [6.45, 7) is 6.09. The molecule has 4 nitrogen and oxygen atoms in total. The summed E-state index contributed by atoms with van der Waals surface area (Å²) in [4.78, 5) is 0. The van der Waals surface area contributed by atoms with Crippen LogP contribution in [0.25, 0.3) is 0 Å². The molecule has 20 heavy (non-hydrogen) atoms. The predicted octanol–water partition coefficient (Wildman–Crippen LogP) is 2.34. The maximum absolute atomic E-state index is 9.78. The van der Waals surface area contributed by atoms with Crippen LogP contribution in [0, 0.1) is 5.92 Å². The van der Waals surface area contributed by atoms with Gasteiger partial charge in [-0.05, 0) is 30.0 Å². The van der Waals surface area contributed by atoms with Gasteiger partial charge >= 0.3 is 0 Å². The fraction of sp³-hybridized carbons (Fsp3) is 0.625. The highest BCUT2D eigenvalue weighted by Gasteiger charge is 2.07. The fourth-order valence-corrected chi connectivity index (χ4v) is 1.94. The second-order valence-corrected chi connectivity index (χ2v) is 5.24. The van der Waals surface area contributed by atoms with Crippen LogP contribution in [0.1, 0.15) is 32.3 Å². The smallest absolute Gasteiger partial charge is 0.119 e. The van der Waals surface area contributed by atoms with Gasteiger partial charge in [0.15, 0.2) is 0 Å². The third-order valence-electron chi connectivity index (χ3n) is 3.10. The quantitative estimate of drug-likeness (QED) is 0.691. The first-order valence-electron chi connectivity index (χ1n) is 7.33. The van der Waals surface area contributed by atoms with Crippen LogP contribution in [-0.2, 0) is 11.3 Å². The molecule has 0 aliphatic heterocycles. The van der Waals surface area contributed by atoms with E-state index in [-0.39, 0.29) is 6.61 Å². The maximum Gasteiger partial charge on any atom is 0.119 e. The zero-order valence-corrected chi connectivity index (χ0v) is 12.5. The summed E-state index contributed by atoms with van der Waals surface area (Å²) in [6, 6.07) is 7.56. The minimum atomic E-state index is -0.599. The van der Waals surface area contributed by atoms with Crippen molar-refractivity contribution in [2.24, 2.45) is 11.7 Å². The molecule has 2 unspecified atom stereocenters. The number of ether oxygens (including phenoxy) is 2. The van der Waals surface area contributed by atoms with E-state index in [1.54, 1.807) is 0 Å². The van der Waals surface area contributed by atoms with E-state index in [4.69, 9.17) is 15.2 Å². The molecule has 0 saturated heterocycles. The molecular formula is C16H27NO3. The average molecular weight is 281 g/mol. The molecule has 0 bridgehead atoms. The highest BCUT2D eigenvalue weighted by molar-refractivity contribution is 5.27. The topological polar surface area (TPSA) is 64.7 Å². The van der Waals surface area contributed by atoms with Gasteiger partial charge in [-0.2, -0.15) is 0 Å². The summed E-state index contributed by atoms with van der Waals surface area (Å²) in [7, 11) is 0. The molecular weight excluding hydrogens is 254 g/mol. The molecule has 0 aromatic heterocycles. The molecule has 0 fully saturated rings. The number of rotatable bonds is 10. The van der Waals surface area contributed by atoms with Gasteiger partial charge in [-0.25, -0.2) is 0 Å². The molecule has 2 atom stereocenters. The van der Waals surface area contributed by atoms with E-state index in [0.717, 1.165) is 24.2 Å². The Balaban J connectivity index is 2.17. The molecule has 0 spiro atoms. The summed E-state index contributed by atoms with van der Waals surface area (Å²) >= 11 is 0. The Bertz CT molecular complexity index is 353. The lowest BCUT2D eigenvalue weighted by molar-refractivity contribution is 0.00141. The monoisotopic (exact) mass is 281 g/mol. The van der Waals surface area contributed by atoms with Crippen LogP contribution in [0.15, 0.2) is 24.3 Å². The van der Waals surface area contributed by atoms with Gasteiger partial charge in [0.05, 0.1) is 6.61 Å². The highest BCUT2D eigenvalue weighted by atomic mass is 16.5. The first-order chi connectivity index (χ1) is 9.65.